The molecule has 0 aliphatic heterocycles. The smallest absolute Gasteiger partial charge is 0.480 e. The molecule has 39 heavy (non-hydrogen) atoms. The third-order valence-electron chi connectivity index (χ3n) is 5.17. The van der Waals surface area contributed by atoms with Crippen molar-refractivity contribution in [1.29, 1.82) is 0 Å². The van der Waals surface area contributed by atoms with Gasteiger partial charge in [0.05, 0.1) is 13.2 Å². The molecule has 0 fully saturated rings. The van der Waals surface area contributed by atoms with Crippen molar-refractivity contribution in [2.75, 3.05) is 19.8 Å². The van der Waals surface area contributed by atoms with Gasteiger partial charge in [0.2, 0.25) is 0 Å². The SMILES string of the molecule is CCCCCC(=O)OC(C)CN[C@@H](Cc1ccc(OC(=O)OCC(C)C)c(OC(=O)OCC(C)C)c1)C(=O)O. The Morgan fingerprint density at radius 1 is 0.872 bits per heavy atom. The predicted octanol–water partition coefficient (Wildman–Crippen LogP) is 5.13. The Labute approximate surface area is 230 Å². The standard InChI is InChI=1S/C28H43NO10/c1-7-8-9-10-25(30)37-20(6)15-29-22(26(31)32)13-21-11-12-23(38-27(33)35-16-18(2)3)24(14-21)39-28(34)36-17-19(4)5/h11-12,14,18-20,22,29H,7-10,13,15-17H2,1-6H3,(H,31,32)/t20?,22-/m0/s1. The number of carboxylic acid groups (broad SMARTS) is 1. The summed E-state index contributed by atoms with van der Waals surface area (Å²) in [5, 5.41) is 12.6. The van der Waals surface area contributed by atoms with Crippen LogP contribution in [0.2, 0.25) is 0 Å². The van der Waals surface area contributed by atoms with Crippen LogP contribution in [0.15, 0.2) is 18.2 Å². The van der Waals surface area contributed by atoms with Crippen LogP contribution in [0.4, 0.5) is 9.59 Å². The first-order valence-electron chi connectivity index (χ1n) is 13.4. The first-order valence-corrected chi connectivity index (χ1v) is 13.4. The largest absolute Gasteiger partial charge is 0.513 e. The van der Waals surface area contributed by atoms with E-state index >= 15 is 0 Å². The van der Waals surface area contributed by atoms with Crippen LogP contribution in [0.25, 0.3) is 0 Å². The van der Waals surface area contributed by atoms with Crippen LogP contribution in [-0.4, -0.2) is 61.3 Å². The molecule has 0 spiro atoms. The summed E-state index contributed by atoms with van der Waals surface area (Å²) in [5.74, 6) is -1.48. The van der Waals surface area contributed by atoms with Gasteiger partial charge in [-0.2, -0.15) is 0 Å². The molecule has 0 aliphatic carbocycles. The van der Waals surface area contributed by atoms with Gasteiger partial charge in [0, 0.05) is 13.0 Å². The van der Waals surface area contributed by atoms with E-state index in [1.807, 2.05) is 34.6 Å². The number of unbranched alkanes of at least 4 members (excludes halogenated alkanes) is 2. The number of ether oxygens (including phenoxy) is 5. The van der Waals surface area contributed by atoms with E-state index in [1.54, 1.807) is 13.0 Å². The van der Waals surface area contributed by atoms with Crippen molar-refractivity contribution >= 4 is 24.2 Å². The number of carbonyl (C=O) groups is 4. The molecule has 0 heterocycles. The summed E-state index contributed by atoms with van der Waals surface area (Å²) >= 11 is 0. The molecule has 2 N–H and O–H groups in total. The zero-order chi connectivity index (χ0) is 29.4. The molecule has 1 aromatic rings. The van der Waals surface area contributed by atoms with E-state index < -0.39 is 30.4 Å². The molecular weight excluding hydrogens is 510 g/mol. The van der Waals surface area contributed by atoms with Crippen LogP contribution in [0, 0.1) is 11.8 Å². The Kier molecular flexibility index (Phi) is 15.6. The summed E-state index contributed by atoms with van der Waals surface area (Å²) in [6, 6.07) is 3.30. The number of carbonyl (C=O) groups excluding carboxylic acids is 3. The third-order valence-corrected chi connectivity index (χ3v) is 5.17. The lowest BCUT2D eigenvalue weighted by Gasteiger charge is -2.19. The first-order chi connectivity index (χ1) is 18.4. The molecule has 0 bridgehead atoms. The number of carboxylic acids is 1. The molecule has 2 atom stereocenters. The first kappa shape index (κ1) is 33.7. The number of nitrogens with one attached hydrogen (secondary N) is 1. The highest BCUT2D eigenvalue weighted by Gasteiger charge is 2.22. The summed E-state index contributed by atoms with van der Waals surface area (Å²) in [6.07, 6.45) is 0.508. The fraction of sp³-hybridized carbons (Fsp3) is 0.643. The number of esters is 1. The second-order valence-corrected chi connectivity index (χ2v) is 10.2. The van der Waals surface area contributed by atoms with Crippen molar-refractivity contribution in [3.8, 4) is 11.5 Å². The maximum absolute atomic E-state index is 12.2. The lowest BCUT2D eigenvalue weighted by Crippen LogP contribution is -2.42. The molecule has 0 amide bonds. The van der Waals surface area contributed by atoms with E-state index in [4.69, 9.17) is 23.7 Å². The van der Waals surface area contributed by atoms with Crippen molar-refractivity contribution in [3.05, 3.63) is 23.8 Å². The Bertz CT molecular complexity index is 931. The Morgan fingerprint density at radius 3 is 2.00 bits per heavy atom. The van der Waals surface area contributed by atoms with Crippen LogP contribution < -0.4 is 14.8 Å². The van der Waals surface area contributed by atoms with Crippen molar-refractivity contribution in [2.24, 2.45) is 11.8 Å². The average Bonchev–Trinajstić information content (AvgIpc) is 2.85. The van der Waals surface area contributed by atoms with Gasteiger partial charge in [-0.15, -0.1) is 0 Å². The van der Waals surface area contributed by atoms with Gasteiger partial charge in [-0.3, -0.25) is 9.59 Å². The molecule has 0 aliphatic rings. The van der Waals surface area contributed by atoms with Gasteiger partial charge in [-0.25, -0.2) is 9.59 Å². The molecule has 1 rings (SSSR count). The molecule has 0 saturated heterocycles. The lowest BCUT2D eigenvalue weighted by atomic mass is 10.0. The zero-order valence-corrected chi connectivity index (χ0v) is 23.8. The molecule has 220 valence electrons. The second-order valence-electron chi connectivity index (χ2n) is 10.2. The summed E-state index contributed by atoms with van der Waals surface area (Å²) in [5.41, 5.74) is 0.480. The maximum Gasteiger partial charge on any atom is 0.513 e. The maximum atomic E-state index is 12.2. The molecule has 1 aromatic carbocycles. The quantitative estimate of drug-likeness (QED) is 0.115. The van der Waals surface area contributed by atoms with Crippen LogP contribution in [0.1, 0.15) is 72.8 Å². The molecule has 11 nitrogen and oxygen atoms in total. The van der Waals surface area contributed by atoms with Gasteiger partial charge in [0.15, 0.2) is 11.5 Å². The minimum absolute atomic E-state index is 0.00196. The minimum atomic E-state index is -1.12. The average molecular weight is 554 g/mol. The Morgan fingerprint density at radius 2 is 1.46 bits per heavy atom. The van der Waals surface area contributed by atoms with Crippen molar-refractivity contribution in [1.82, 2.24) is 5.32 Å². The minimum Gasteiger partial charge on any atom is -0.480 e. The van der Waals surface area contributed by atoms with E-state index in [1.165, 1.54) is 12.1 Å². The van der Waals surface area contributed by atoms with E-state index in [0.29, 0.717) is 12.0 Å². The van der Waals surface area contributed by atoms with Gasteiger partial charge < -0.3 is 34.1 Å². The Hall–Kier alpha value is -3.34. The summed E-state index contributed by atoms with van der Waals surface area (Å²) < 4.78 is 25.9. The Balaban J connectivity index is 2.93. The molecule has 1 unspecified atom stereocenters. The fourth-order valence-electron chi connectivity index (χ4n) is 3.19. The number of rotatable bonds is 17. The third kappa shape index (κ3) is 15.0. The molecule has 0 saturated carbocycles. The van der Waals surface area contributed by atoms with Crippen LogP contribution in [0.3, 0.4) is 0 Å². The second kappa shape index (κ2) is 18.0. The zero-order valence-electron chi connectivity index (χ0n) is 23.8. The van der Waals surface area contributed by atoms with Crippen molar-refractivity contribution in [2.45, 2.75) is 85.8 Å². The van der Waals surface area contributed by atoms with Gasteiger partial charge in [-0.05, 0) is 49.3 Å². The van der Waals surface area contributed by atoms with E-state index in [9.17, 15) is 24.3 Å². The van der Waals surface area contributed by atoms with Crippen LogP contribution >= 0.6 is 0 Å². The van der Waals surface area contributed by atoms with Crippen molar-refractivity contribution in [3.63, 3.8) is 0 Å². The van der Waals surface area contributed by atoms with Gasteiger partial charge in [0.25, 0.3) is 0 Å². The number of hydrogen-bond acceptors (Lipinski definition) is 10. The summed E-state index contributed by atoms with van der Waals surface area (Å²) in [7, 11) is 0. The topological polar surface area (TPSA) is 147 Å². The highest BCUT2D eigenvalue weighted by molar-refractivity contribution is 5.74. The highest BCUT2D eigenvalue weighted by atomic mass is 16.7. The predicted molar refractivity (Wildman–Crippen MR) is 143 cm³/mol. The van der Waals surface area contributed by atoms with Gasteiger partial charge in [0.1, 0.15) is 12.1 Å². The molecule has 11 heteroatoms. The van der Waals surface area contributed by atoms with Gasteiger partial charge >= 0.3 is 24.2 Å². The molecule has 0 aromatic heterocycles. The monoisotopic (exact) mass is 553 g/mol. The summed E-state index contributed by atoms with van der Waals surface area (Å²) in [6.45, 7) is 11.6. The fourth-order valence-corrected chi connectivity index (χ4v) is 3.19. The van der Waals surface area contributed by atoms with Crippen molar-refractivity contribution < 1.29 is 48.0 Å². The van der Waals surface area contributed by atoms with Gasteiger partial charge in [-0.1, -0.05) is 53.5 Å². The number of hydrogen-bond donors (Lipinski definition) is 2. The van der Waals surface area contributed by atoms with E-state index in [0.717, 1.165) is 19.3 Å². The lowest BCUT2D eigenvalue weighted by molar-refractivity contribution is -0.148. The van der Waals surface area contributed by atoms with E-state index in [2.05, 4.69) is 5.32 Å². The van der Waals surface area contributed by atoms with Crippen LogP contribution in [0.5, 0.6) is 11.5 Å². The number of benzene rings is 1. The van der Waals surface area contributed by atoms with Crippen LogP contribution in [-0.2, 0) is 30.2 Å². The normalized spacial score (nSPS) is 12.5. The molecule has 0 radical (unpaired) electrons. The molecular formula is C28H43NO10. The number of aliphatic carboxylic acids is 1. The van der Waals surface area contributed by atoms with E-state index in [-0.39, 0.29) is 55.5 Å². The highest BCUT2D eigenvalue weighted by Crippen LogP contribution is 2.30. The summed E-state index contributed by atoms with van der Waals surface area (Å²) in [4.78, 5) is 48.1.